The number of hydrogen-bond donors (Lipinski definition) is 1. The van der Waals surface area contributed by atoms with Crippen LogP contribution < -0.4 is 10.1 Å². The lowest BCUT2D eigenvalue weighted by Crippen LogP contribution is -2.50. The Morgan fingerprint density at radius 2 is 1.95 bits per heavy atom. The van der Waals surface area contributed by atoms with Gasteiger partial charge in [0.2, 0.25) is 0 Å². The van der Waals surface area contributed by atoms with Gasteiger partial charge in [-0.05, 0) is 30.4 Å². The number of hydrogen-bond acceptors (Lipinski definition) is 3. The SMILES string of the molecule is CC(C)(C)C(COc1ccccc1F)NC1CCOCC1. The molecule has 0 bridgehead atoms. The predicted octanol–water partition coefficient (Wildman–Crippen LogP) is 3.39. The molecule has 0 radical (unpaired) electrons. The second kappa shape index (κ2) is 7.23. The molecule has 0 saturated carbocycles. The first-order valence-corrected chi connectivity index (χ1v) is 7.68. The van der Waals surface area contributed by atoms with Crippen molar-refractivity contribution in [2.45, 2.75) is 45.7 Å². The van der Waals surface area contributed by atoms with E-state index in [2.05, 4.69) is 26.1 Å². The van der Waals surface area contributed by atoms with Gasteiger partial charge in [0, 0.05) is 25.3 Å². The number of nitrogens with one attached hydrogen (secondary N) is 1. The Bertz CT molecular complexity index is 439. The fourth-order valence-corrected chi connectivity index (χ4v) is 2.43. The summed E-state index contributed by atoms with van der Waals surface area (Å²) >= 11 is 0. The van der Waals surface area contributed by atoms with Gasteiger partial charge >= 0.3 is 0 Å². The second-order valence-electron chi connectivity index (χ2n) is 6.71. The minimum atomic E-state index is -0.309. The summed E-state index contributed by atoms with van der Waals surface area (Å²) in [6.07, 6.45) is 2.04. The molecule has 1 aliphatic rings. The Morgan fingerprint density at radius 3 is 2.57 bits per heavy atom. The molecule has 21 heavy (non-hydrogen) atoms. The van der Waals surface area contributed by atoms with Gasteiger partial charge in [-0.3, -0.25) is 0 Å². The molecule has 1 aliphatic heterocycles. The lowest BCUT2D eigenvalue weighted by atomic mass is 9.86. The molecule has 0 aliphatic carbocycles. The average Bonchev–Trinajstić information content (AvgIpc) is 2.45. The normalized spacial score (nSPS) is 18.5. The van der Waals surface area contributed by atoms with Gasteiger partial charge in [-0.2, -0.15) is 0 Å². The zero-order valence-corrected chi connectivity index (χ0v) is 13.2. The molecular formula is C17H26FNO2. The number of rotatable bonds is 5. The van der Waals surface area contributed by atoms with Gasteiger partial charge in [-0.1, -0.05) is 32.9 Å². The van der Waals surface area contributed by atoms with E-state index in [1.54, 1.807) is 18.2 Å². The molecule has 1 aromatic rings. The fraction of sp³-hybridized carbons (Fsp3) is 0.647. The molecule has 1 aromatic carbocycles. The van der Waals surface area contributed by atoms with Gasteiger partial charge in [0.15, 0.2) is 11.6 Å². The van der Waals surface area contributed by atoms with Crippen LogP contribution in [0.3, 0.4) is 0 Å². The topological polar surface area (TPSA) is 30.5 Å². The maximum Gasteiger partial charge on any atom is 0.165 e. The third kappa shape index (κ3) is 4.97. The van der Waals surface area contributed by atoms with E-state index < -0.39 is 0 Å². The standard InChI is InChI=1S/C17H26FNO2/c1-17(2,3)16(19-13-8-10-20-11-9-13)12-21-15-7-5-4-6-14(15)18/h4-7,13,16,19H,8-12H2,1-3H3. The molecule has 118 valence electrons. The van der Waals surface area contributed by atoms with Crippen LogP contribution in [0.2, 0.25) is 0 Å². The Hall–Kier alpha value is -1.13. The molecule has 0 spiro atoms. The van der Waals surface area contributed by atoms with E-state index in [0.29, 0.717) is 18.4 Å². The number of ether oxygens (including phenoxy) is 2. The molecule has 3 nitrogen and oxygen atoms in total. The molecule has 1 heterocycles. The van der Waals surface area contributed by atoms with Crippen molar-refractivity contribution in [3.8, 4) is 5.75 Å². The van der Waals surface area contributed by atoms with Crippen molar-refractivity contribution in [3.05, 3.63) is 30.1 Å². The summed E-state index contributed by atoms with van der Waals surface area (Å²) in [7, 11) is 0. The molecule has 4 heteroatoms. The minimum absolute atomic E-state index is 0.0452. The van der Waals surface area contributed by atoms with Crippen molar-refractivity contribution in [1.82, 2.24) is 5.32 Å². The third-order valence-electron chi connectivity index (χ3n) is 3.95. The van der Waals surface area contributed by atoms with E-state index in [9.17, 15) is 4.39 Å². The smallest absolute Gasteiger partial charge is 0.165 e. The summed E-state index contributed by atoms with van der Waals surface area (Å²) in [6.45, 7) is 8.60. The van der Waals surface area contributed by atoms with Crippen molar-refractivity contribution in [1.29, 1.82) is 0 Å². The van der Waals surface area contributed by atoms with Gasteiger partial charge in [0.1, 0.15) is 6.61 Å². The largest absolute Gasteiger partial charge is 0.489 e. The Kier molecular flexibility index (Phi) is 5.59. The van der Waals surface area contributed by atoms with Crippen LogP contribution in [0, 0.1) is 11.2 Å². The summed E-state index contributed by atoms with van der Waals surface area (Å²) in [6, 6.07) is 7.17. The summed E-state index contributed by atoms with van der Waals surface area (Å²) in [5, 5.41) is 3.66. The highest BCUT2D eigenvalue weighted by Crippen LogP contribution is 2.23. The van der Waals surface area contributed by atoms with E-state index in [-0.39, 0.29) is 17.3 Å². The van der Waals surface area contributed by atoms with Crippen molar-refractivity contribution < 1.29 is 13.9 Å². The van der Waals surface area contributed by atoms with Crippen LogP contribution in [0.1, 0.15) is 33.6 Å². The number of benzene rings is 1. The zero-order valence-electron chi connectivity index (χ0n) is 13.2. The molecule has 1 atom stereocenters. The molecular weight excluding hydrogens is 269 g/mol. The lowest BCUT2D eigenvalue weighted by Gasteiger charge is -2.36. The molecule has 1 N–H and O–H groups in total. The number of para-hydroxylation sites is 1. The quantitative estimate of drug-likeness (QED) is 0.903. The molecule has 1 saturated heterocycles. The molecule has 2 rings (SSSR count). The first kappa shape index (κ1) is 16.2. The number of halogens is 1. The van der Waals surface area contributed by atoms with E-state index in [1.807, 2.05) is 0 Å². The monoisotopic (exact) mass is 295 g/mol. The lowest BCUT2D eigenvalue weighted by molar-refractivity contribution is 0.0625. The summed E-state index contributed by atoms with van der Waals surface area (Å²) in [5.41, 5.74) is 0.0452. The van der Waals surface area contributed by atoms with Gasteiger partial charge in [0.25, 0.3) is 0 Å². The highest BCUT2D eigenvalue weighted by Gasteiger charge is 2.28. The van der Waals surface area contributed by atoms with E-state index in [4.69, 9.17) is 9.47 Å². The Labute approximate surface area is 126 Å². The van der Waals surface area contributed by atoms with Crippen LogP contribution in [-0.4, -0.2) is 31.9 Å². The molecule has 1 unspecified atom stereocenters. The first-order chi connectivity index (χ1) is 9.97. The maximum absolute atomic E-state index is 13.6. The minimum Gasteiger partial charge on any atom is -0.489 e. The van der Waals surface area contributed by atoms with Crippen LogP contribution >= 0.6 is 0 Å². The van der Waals surface area contributed by atoms with Gasteiger partial charge in [-0.25, -0.2) is 4.39 Å². The zero-order chi connectivity index (χ0) is 15.3. The highest BCUT2D eigenvalue weighted by molar-refractivity contribution is 5.23. The van der Waals surface area contributed by atoms with Crippen LogP contribution in [0.25, 0.3) is 0 Å². The fourth-order valence-electron chi connectivity index (χ4n) is 2.43. The summed E-state index contributed by atoms with van der Waals surface area (Å²) < 4.78 is 24.7. The van der Waals surface area contributed by atoms with Crippen LogP contribution in [0.5, 0.6) is 5.75 Å². The molecule has 0 amide bonds. The average molecular weight is 295 g/mol. The summed E-state index contributed by atoms with van der Waals surface area (Å²) in [4.78, 5) is 0. The van der Waals surface area contributed by atoms with Crippen LogP contribution in [0.15, 0.2) is 24.3 Å². The Balaban J connectivity index is 1.95. The first-order valence-electron chi connectivity index (χ1n) is 7.68. The Morgan fingerprint density at radius 1 is 1.29 bits per heavy atom. The molecule has 1 fully saturated rings. The van der Waals surface area contributed by atoms with Crippen molar-refractivity contribution in [3.63, 3.8) is 0 Å². The molecule has 0 aromatic heterocycles. The van der Waals surface area contributed by atoms with Gasteiger partial charge in [0.05, 0.1) is 0 Å². The van der Waals surface area contributed by atoms with Gasteiger partial charge < -0.3 is 14.8 Å². The third-order valence-corrected chi connectivity index (χ3v) is 3.95. The summed E-state index contributed by atoms with van der Waals surface area (Å²) in [5.74, 6) is 0.0109. The second-order valence-corrected chi connectivity index (χ2v) is 6.71. The predicted molar refractivity (Wildman–Crippen MR) is 82.1 cm³/mol. The van der Waals surface area contributed by atoms with Crippen LogP contribution in [0.4, 0.5) is 4.39 Å². The van der Waals surface area contributed by atoms with Crippen molar-refractivity contribution >= 4 is 0 Å². The van der Waals surface area contributed by atoms with Crippen molar-refractivity contribution in [2.75, 3.05) is 19.8 Å². The van der Waals surface area contributed by atoms with E-state index >= 15 is 0 Å². The van der Waals surface area contributed by atoms with Crippen LogP contribution in [-0.2, 0) is 4.74 Å². The van der Waals surface area contributed by atoms with E-state index in [0.717, 1.165) is 26.1 Å². The highest BCUT2D eigenvalue weighted by atomic mass is 19.1. The van der Waals surface area contributed by atoms with Crippen molar-refractivity contribution in [2.24, 2.45) is 5.41 Å². The van der Waals surface area contributed by atoms with E-state index in [1.165, 1.54) is 6.07 Å². The maximum atomic E-state index is 13.6. The van der Waals surface area contributed by atoms with Gasteiger partial charge in [-0.15, -0.1) is 0 Å².